The number of thioether (sulfide) groups is 1. The Morgan fingerprint density at radius 1 is 1.50 bits per heavy atom. The lowest BCUT2D eigenvalue weighted by molar-refractivity contribution is 0.0953. The molecule has 0 saturated carbocycles. The third kappa shape index (κ3) is 5.38. The molecule has 20 heavy (non-hydrogen) atoms. The van der Waals surface area contributed by atoms with Crippen LogP contribution in [-0.4, -0.2) is 28.9 Å². The van der Waals surface area contributed by atoms with Crippen molar-refractivity contribution >= 4 is 23.5 Å². The third-order valence-electron chi connectivity index (χ3n) is 3.03. The minimum atomic E-state index is -0.0745. The van der Waals surface area contributed by atoms with Gasteiger partial charge >= 0.3 is 0 Å². The Kier molecular flexibility index (Phi) is 7.40. The summed E-state index contributed by atoms with van der Waals surface area (Å²) < 4.78 is 0. The van der Waals surface area contributed by atoms with Gasteiger partial charge in [-0.25, -0.2) is 10.8 Å². The maximum absolute atomic E-state index is 12.1. The van der Waals surface area contributed by atoms with Gasteiger partial charge in [0.05, 0.1) is 0 Å². The van der Waals surface area contributed by atoms with Gasteiger partial charge in [-0.1, -0.05) is 20.3 Å². The first-order valence-corrected chi connectivity index (χ1v) is 8.18. The van der Waals surface area contributed by atoms with E-state index >= 15 is 0 Å². The van der Waals surface area contributed by atoms with E-state index in [1.165, 1.54) is 0 Å². The summed E-state index contributed by atoms with van der Waals surface area (Å²) in [5.74, 6) is 5.85. The molecule has 4 N–H and O–H groups in total. The van der Waals surface area contributed by atoms with Gasteiger partial charge in [0.25, 0.3) is 5.91 Å². The largest absolute Gasteiger partial charge is 0.352 e. The maximum atomic E-state index is 12.1. The van der Waals surface area contributed by atoms with Crippen LogP contribution in [-0.2, 0) is 6.42 Å². The first-order chi connectivity index (χ1) is 9.60. The molecule has 1 unspecified atom stereocenters. The molecule has 0 saturated heterocycles. The minimum Gasteiger partial charge on any atom is -0.352 e. The second kappa shape index (κ2) is 8.81. The van der Waals surface area contributed by atoms with E-state index in [0.29, 0.717) is 23.2 Å². The average molecular weight is 296 g/mol. The number of aryl methyl sites for hydroxylation is 1. The van der Waals surface area contributed by atoms with E-state index < -0.39 is 0 Å². The zero-order valence-corrected chi connectivity index (χ0v) is 13.2. The van der Waals surface area contributed by atoms with Crippen LogP contribution in [0.15, 0.2) is 12.1 Å². The summed E-state index contributed by atoms with van der Waals surface area (Å²) in [6.45, 7) is 4.91. The molecule has 112 valence electrons. The van der Waals surface area contributed by atoms with E-state index in [0.717, 1.165) is 25.0 Å². The fraction of sp³-hybridized carbons (Fsp3) is 0.571. The van der Waals surface area contributed by atoms with Crippen LogP contribution in [0, 0.1) is 0 Å². The van der Waals surface area contributed by atoms with Crippen LogP contribution >= 0.6 is 11.8 Å². The summed E-state index contributed by atoms with van der Waals surface area (Å²) >= 11 is 1.80. The van der Waals surface area contributed by atoms with E-state index in [4.69, 9.17) is 5.84 Å². The molecule has 0 aliphatic heterocycles. The van der Waals surface area contributed by atoms with E-state index in [1.807, 2.05) is 6.07 Å². The maximum Gasteiger partial charge on any atom is 0.251 e. The zero-order chi connectivity index (χ0) is 15.0. The Morgan fingerprint density at radius 2 is 2.25 bits per heavy atom. The molecule has 1 amide bonds. The van der Waals surface area contributed by atoms with Crippen LogP contribution in [0.1, 0.15) is 42.7 Å². The van der Waals surface area contributed by atoms with Crippen LogP contribution < -0.4 is 16.6 Å². The Bertz CT molecular complexity index is 439. The number of aromatic nitrogens is 1. The standard InChI is InChI=1S/C14H24N4OS/c1-4-5-12-8-11(9-13(17-12)18-15)14(19)16-7-6-10(2)20-3/h8-10H,4-7,15H2,1-3H3,(H,16,19)(H,17,18). The molecule has 0 radical (unpaired) electrons. The molecule has 0 aliphatic rings. The first kappa shape index (κ1) is 16.8. The lowest BCUT2D eigenvalue weighted by Gasteiger charge is -2.11. The lowest BCUT2D eigenvalue weighted by atomic mass is 10.1. The summed E-state index contributed by atoms with van der Waals surface area (Å²) in [6.07, 6.45) is 4.85. The number of amides is 1. The van der Waals surface area contributed by atoms with Gasteiger partial charge in [-0.05, 0) is 31.2 Å². The quantitative estimate of drug-likeness (QED) is 0.506. The van der Waals surface area contributed by atoms with Crippen LogP contribution in [0.3, 0.4) is 0 Å². The number of hydrogen-bond donors (Lipinski definition) is 3. The summed E-state index contributed by atoms with van der Waals surface area (Å²) in [5, 5.41) is 3.48. The molecule has 1 rings (SSSR count). The molecule has 6 heteroatoms. The fourth-order valence-corrected chi connectivity index (χ4v) is 2.14. The second-order valence-electron chi connectivity index (χ2n) is 4.72. The van der Waals surface area contributed by atoms with E-state index in [2.05, 4.69) is 35.8 Å². The van der Waals surface area contributed by atoms with Crippen molar-refractivity contribution in [3.05, 3.63) is 23.4 Å². The van der Waals surface area contributed by atoms with E-state index in [9.17, 15) is 4.79 Å². The zero-order valence-electron chi connectivity index (χ0n) is 12.4. The molecule has 1 atom stereocenters. The normalized spacial score (nSPS) is 12.0. The van der Waals surface area contributed by atoms with Crippen molar-refractivity contribution < 1.29 is 4.79 Å². The van der Waals surface area contributed by atoms with Gasteiger partial charge in [0.1, 0.15) is 5.82 Å². The van der Waals surface area contributed by atoms with Gasteiger partial charge in [-0.15, -0.1) is 0 Å². The Morgan fingerprint density at radius 3 is 2.85 bits per heavy atom. The number of nitrogens with one attached hydrogen (secondary N) is 2. The van der Waals surface area contributed by atoms with Crippen molar-refractivity contribution in [3.8, 4) is 0 Å². The van der Waals surface area contributed by atoms with Crippen molar-refractivity contribution in [2.75, 3.05) is 18.2 Å². The summed E-state index contributed by atoms with van der Waals surface area (Å²) in [4.78, 5) is 16.5. The van der Waals surface area contributed by atoms with Gasteiger partial charge in [-0.3, -0.25) is 4.79 Å². The molecule has 1 heterocycles. The highest BCUT2D eigenvalue weighted by Crippen LogP contribution is 2.12. The van der Waals surface area contributed by atoms with Gasteiger partial charge in [0.15, 0.2) is 0 Å². The van der Waals surface area contributed by atoms with Crippen molar-refractivity contribution in [2.24, 2.45) is 5.84 Å². The lowest BCUT2D eigenvalue weighted by Crippen LogP contribution is -2.26. The van der Waals surface area contributed by atoms with Crippen molar-refractivity contribution in [2.45, 2.75) is 38.4 Å². The number of hydrogen-bond acceptors (Lipinski definition) is 5. The molecule has 5 nitrogen and oxygen atoms in total. The Balaban J connectivity index is 2.68. The predicted octanol–water partition coefficient (Wildman–Crippen LogP) is 2.19. The summed E-state index contributed by atoms with van der Waals surface area (Å²) in [6, 6.07) is 3.50. The van der Waals surface area contributed by atoms with Crippen LogP contribution in [0.4, 0.5) is 5.82 Å². The Hall–Kier alpha value is -1.27. The highest BCUT2D eigenvalue weighted by atomic mass is 32.2. The number of nitrogen functional groups attached to an aromatic ring is 1. The molecular weight excluding hydrogens is 272 g/mol. The van der Waals surface area contributed by atoms with E-state index in [1.54, 1.807) is 17.8 Å². The van der Waals surface area contributed by atoms with Crippen molar-refractivity contribution in [1.82, 2.24) is 10.3 Å². The molecule has 1 aromatic heterocycles. The minimum absolute atomic E-state index is 0.0745. The molecule has 0 aliphatic carbocycles. The highest BCUT2D eigenvalue weighted by molar-refractivity contribution is 7.99. The first-order valence-electron chi connectivity index (χ1n) is 6.89. The SMILES string of the molecule is CCCc1cc(C(=O)NCCC(C)SC)cc(NN)n1. The number of rotatable bonds is 8. The second-order valence-corrected chi connectivity index (χ2v) is 5.99. The van der Waals surface area contributed by atoms with Crippen LogP contribution in [0.25, 0.3) is 0 Å². The van der Waals surface area contributed by atoms with Gasteiger partial charge in [0, 0.05) is 23.1 Å². The molecule has 0 bridgehead atoms. The van der Waals surface area contributed by atoms with Gasteiger partial charge in [-0.2, -0.15) is 11.8 Å². The summed E-state index contributed by atoms with van der Waals surface area (Å²) in [7, 11) is 0. The number of hydrazine groups is 1. The molecule has 0 fully saturated rings. The van der Waals surface area contributed by atoms with Crippen LogP contribution in [0.2, 0.25) is 0 Å². The smallest absolute Gasteiger partial charge is 0.251 e. The van der Waals surface area contributed by atoms with Crippen molar-refractivity contribution in [3.63, 3.8) is 0 Å². The molecular formula is C14H24N4OS. The molecule has 1 aromatic rings. The fourth-order valence-electron chi connectivity index (χ4n) is 1.79. The van der Waals surface area contributed by atoms with E-state index in [-0.39, 0.29) is 5.91 Å². The van der Waals surface area contributed by atoms with Gasteiger partial charge in [0.2, 0.25) is 0 Å². The number of carbonyl (C=O) groups is 1. The topological polar surface area (TPSA) is 80.0 Å². The Labute approximate surface area is 125 Å². The molecule has 0 spiro atoms. The predicted molar refractivity (Wildman–Crippen MR) is 86.0 cm³/mol. The third-order valence-corrected chi connectivity index (χ3v) is 4.07. The number of anilines is 1. The number of pyridine rings is 1. The summed E-state index contributed by atoms with van der Waals surface area (Å²) in [5.41, 5.74) is 4.00. The number of nitrogens with zero attached hydrogens (tertiary/aromatic N) is 1. The highest BCUT2D eigenvalue weighted by Gasteiger charge is 2.10. The van der Waals surface area contributed by atoms with Crippen molar-refractivity contribution in [1.29, 1.82) is 0 Å². The number of carbonyl (C=O) groups excluding carboxylic acids is 1. The monoisotopic (exact) mass is 296 g/mol. The number of nitrogens with two attached hydrogens (primary N) is 1. The molecule has 0 aromatic carbocycles. The average Bonchev–Trinajstić information content (AvgIpc) is 2.46. The van der Waals surface area contributed by atoms with Gasteiger partial charge < -0.3 is 10.7 Å². The van der Waals surface area contributed by atoms with Crippen LogP contribution in [0.5, 0.6) is 0 Å².